The Bertz CT molecular complexity index is 583. The minimum atomic E-state index is -0.00684. The van der Waals surface area contributed by atoms with Crippen LogP contribution in [0, 0.1) is 0 Å². The quantitative estimate of drug-likeness (QED) is 0.734. The fraction of sp³-hybridized carbons (Fsp3) is 0.471. The molecule has 1 aromatic carbocycles. The first-order valence-corrected chi connectivity index (χ1v) is 8.68. The Kier molecular flexibility index (Phi) is 6.52. The lowest BCUT2D eigenvalue weighted by molar-refractivity contribution is -0.116. The van der Waals surface area contributed by atoms with Crippen molar-refractivity contribution in [2.24, 2.45) is 0 Å². The summed E-state index contributed by atoms with van der Waals surface area (Å²) in [5.74, 6) is 0.186. The SMILES string of the molecule is CCCCCc1nnc(NC(=O)CC(C)c2ccccc2)s1. The van der Waals surface area contributed by atoms with Crippen LogP contribution in [0.15, 0.2) is 30.3 Å². The fourth-order valence-electron chi connectivity index (χ4n) is 2.28. The van der Waals surface area contributed by atoms with Crippen molar-refractivity contribution in [2.45, 2.75) is 51.9 Å². The maximum Gasteiger partial charge on any atom is 0.226 e. The van der Waals surface area contributed by atoms with E-state index in [4.69, 9.17) is 0 Å². The highest BCUT2D eigenvalue weighted by molar-refractivity contribution is 7.15. The van der Waals surface area contributed by atoms with Crippen LogP contribution < -0.4 is 5.32 Å². The number of nitrogens with zero attached hydrogens (tertiary/aromatic N) is 2. The molecule has 0 saturated heterocycles. The zero-order valence-corrected chi connectivity index (χ0v) is 14.0. The van der Waals surface area contributed by atoms with Crippen LogP contribution in [0.5, 0.6) is 0 Å². The Morgan fingerprint density at radius 3 is 2.73 bits per heavy atom. The third-order valence-electron chi connectivity index (χ3n) is 3.57. The highest BCUT2D eigenvalue weighted by Crippen LogP contribution is 2.21. The molecular weight excluding hydrogens is 294 g/mol. The molecule has 0 saturated carbocycles. The van der Waals surface area contributed by atoms with Gasteiger partial charge in [0.05, 0.1) is 0 Å². The van der Waals surface area contributed by atoms with Crippen LogP contribution in [0.4, 0.5) is 5.13 Å². The van der Waals surface area contributed by atoms with Crippen LogP contribution in [0.1, 0.15) is 56.0 Å². The lowest BCUT2D eigenvalue weighted by Gasteiger charge is -2.10. The predicted octanol–water partition coefficient (Wildman–Crippen LogP) is 4.40. The first-order chi connectivity index (χ1) is 10.7. The number of hydrogen-bond acceptors (Lipinski definition) is 4. The lowest BCUT2D eigenvalue weighted by atomic mass is 9.98. The van der Waals surface area contributed by atoms with Crippen LogP contribution >= 0.6 is 11.3 Å². The largest absolute Gasteiger partial charge is 0.301 e. The summed E-state index contributed by atoms with van der Waals surface area (Å²) in [6, 6.07) is 10.1. The molecule has 1 amide bonds. The summed E-state index contributed by atoms with van der Waals surface area (Å²) in [5.41, 5.74) is 1.18. The van der Waals surface area contributed by atoms with Crippen molar-refractivity contribution in [1.82, 2.24) is 10.2 Å². The van der Waals surface area contributed by atoms with E-state index >= 15 is 0 Å². The van der Waals surface area contributed by atoms with Gasteiger partial charge in [-0.1, -0.05) is 68.4 Å². The van der Waals surface area contributed by atoms with E-state index in [-0.39, 0.29) is 11.8 Å². The van der Waals surface area contributed by atoms with Crippen LogP contribution in [0.3, 0.4) is 0 Å². The Hall–Kier alpha value is -1.75. The molecule has 1 N–H and O–H groups in total. The van der Waals surface area contributed by atoms with Crippen LogP contribution in [-0.2, 0) is 11.2 Å². The normalized spacial score (nSPS) is 12.1. The molecule has 4 nitrogen and oxygen atoms in total. The molecule has 0 bridgehead atoms. The number of rotatable bonds is 8. The summed E-state index contributed by atoms with van der Waals surface area (Å²) >= 11 is 1.48. The van der Waals surface area contributed by atoms with Crippen molar-refractivity contribution in [3.05, 3.63) is 40.9 Å². The molecule has 2 aromatic rings. The van der Waals surface area contributed by atoms with Crippen LogP contribution in [0.25, 0.3) is 0 Å². The molecule has 22 heavy (non-hydrogen) atoms. The number of carbonyl (C=O) groups is 1. The maximum absolute atomic E-state index is 12.1. The van der Waals surface area contributed by atoms with Crippen molar-refractivity contribution >= 4 is 22.4 Å². The molecule has 0 aliphatic heterocycles. The molecule has 0 aliphatic carbocycles. The minimum absolute atomic E-state index is 0.00684. The van der Waals surface area contributed by atoms with E-state index < -0.39 is 0 Å². The number of amides is 1. The first kappa shape index (κ1) is 16.6. The molecule has 0 spiro atoms. The molecule has 1 atom stereocenters. The second kappa shape index (κ2) is 8.63. The number of benzene rings is 1. The van der Waals surface area contributed by atoms with Gasteiger partial charge in [0.2, 0.25) is 11.0 Å². The average molecular weight is 317 g/mol. The van der Waals surface area contributed by atoms with Crippen molar-refractivity contribution < 1.29 is 4.79 Å². The number of aromatic nitrogens is 2. The van der Waals surface area contributed by atoms with E-state index in [0.29, 0.717) is 11.6 Å². The molecule has 1 heterocycles. The number of carbonyl (C=O) groups excluding carboxylic acids is 1. The molecule has 0 fully saturated rings. The number of anilines is 1. The number of aryl methyl sites for hydroxylation is 1. The van der Waals surface area contributed by atoms with Gasteiger partial charge in [-0.05, 0) is 17.9 Å². The number of hydrogen-bond donors (Lipinski definition) is 1. The fourth-order valence-corrected chi connectivity index (χ4v) is 3.08. The number of nitrogens with one attached hydrogen (secondary N) is 1. The molecule has 5 heteroatoms. The molecule has 1 aromatic heterocycles. The third-order valence-corrected chi connectivity index (χ3v) is 4.47. The van der Waals surface area contributed by atoms with E-state index in [1.165, 1.54) is 29.7 Å². The van der Waals surface area contributed by atoms with Gasteiger partial charge in [0.25, 0.3) is 0 Å². The van der Waals surface area contributed by atoms with E-state index in [2.05, 4.69) is 41.5 Å². The van der Waals surface area contributed by atoms with Crippen molar-refractivity contribution in [2.75, 3.05) is 5.32 Å². The van der Waals surface area contributed by atoms with Gasteiger partial charge in [-0.3, -0.25) is 4.79 Å². The Labute approximate surface area is 136 Å². The topological polar surface area (TPSA) is 54.9 Å². The Morgan fingerprint density at radius 2 is 2.00 bits per heavy atom. The molecule has 2 rings (SSSR count). The Balaban J connectivity index is 1.82. The summed E-state index contributed by atoms with van der Waals surface area (Å²) in [6.07, 6.45) is 4.93. The zero-order chi connectivity index (χ0) is 15.8. The van der Waals surface area contributed by atoms with Gasteiger partial charge >= 0.3 is 0 Å². The summed E-state index contributed by atoms with van der Waals surface area (Å²) in [4.78, 5) is 12.1. The molecule has 0 aliphatic rings. The molecule has 118 valence electrons. The molecule has 1 unspecified atom stereocenters. The van der Waals surface area contributed by atoms with Crippen molar-refractivity contribution in [3.8, 4) is 0 Å². The van der Waals surface area contributed by atoms with Crippen molar-refractivity contribution in [3.63, 3.8) is 0 Å². The van der Waals surface area contributed by atoms with E-state index in [9.17, 15) is 4.79 Å². The van der Waals surface area contributed by atoms with E-state index in [0.717, 1.165) is 17.8 Å². The Morgan fingerprint density at radius 1 is 1.23 bits per heavy atom. The zero-order valence-electron chi connectivity index (χ0n) is 13.2. The lowest BCUT2D eigenvalue weighted by Crippen LogP contribution is -2.14. The summed E-state index contributed by atoms with van der Waals surface area (Å²) in [7, 11) is 0. The van der Waals surface area contributed by atoms with Gasteiger partial charge in [-0.2, -0.15) is 0 Å². The second-order valence-corrected chi connectivity index (χ2v) is 6.58. The molecular formula is C17H23N3OS. The smallest absolute Gasteiger partial charge is 0.226 e. The van der Waals surface area contributed by atoms with Gasteiger partial charge in [-0.15, -0.1) is 10.2 Å². The average Bonchev–Trinajstić information content (AvgIpc) is 2.95. The van der Waals surface area contributed by atoms with Gasteiger partial charge in [0, 0.05) is 12.8 Å². The maximum atomic E-state index is 12.1. The third kappa shape index (κ3) is 5.22. The monoisotopic (exact) mass is 317 g/mol. The number of unbranched alkanes of at least 4 members (excludes halogenated alkanes) is 2. The first-order valence-electron chi connectivity index (χ1n) is 7.86. The van der Waals surface area contributed by atoms with Crippen LogP contribution in [-0.4, -0.2) is 16.1 Å². The summed E-state index contributed by atoms with van der Waals surface area (Å²) < 4.78 is 0. The van der Waals surface area contributed by atoms with Crippen LogP contribution in [0.2, 0.25) is 0 Å². The van der Waals surface area contributed by atoms with Gasteiger partial charge in [0.15, 0.2) is 0 Å². The van der Waals surface area contributed by atoms with Gasteiger partial charge < -0.3 is 5.32 Å². The summed E-state index contributed by atoms with van der Waals surface area (Å²) in [6.45, 7) is 4.24. The van der Waals surface area contributed by atoms with Crippen molar-refractivity contribution in [1.29, 1.82) is 0 Å². The predicted molar refractivity (Wildman–Crippen MR) is 91.2 cm³/mol. The van der Waals surface area contributed by atoms with E-state index in [1.807, 2.05) is 18.2 Å². The standard InChI is InChI=1S/C17H23N3OS/c1-3-4-6-11-16-19-20-17(22-16)18-15(21)12-13(2)14-9-7-5-8-10-14/h5,7-10,13H,3-4,6,11-12H2,1-2H3,(H,18,20,21). The highest BCUT2D eigenvalue weighted by Gasteiger charge is 2.13. The summed E-state index contributed by atoms with van der Waals surface area (Å²) in [5, 5.41) is 12.7. The second-order valence-electron chi connectivity index (χ2n) is 5.52. The van der Waals surface area contributed by atoms with Gasteiger partial charge in [0.1, 0.15) is 5.01 Å². The minimum Gasteiger partial charge on any atom is -0.301 e. The molecule has 0 radical (unpaired) electrons. The van der Waals surface area contributed by atoms with E-state index in [1.54, 1.807) is 0 Å². The van der Waals surface area contributed by atoms with Gasteiger partial charge in [-0.25, -0.2) is 0 Å². The highest BCUT2D eigenvalue weighted by atomic mass is 32.1.